The number of hydrogen-bond acceptors (Lipinski definition) is 5. The first-order chi connectivity index (χ1) is 34.0. The first-order valence-electron chi connectivity index (χ1n) is 26.0. The molecule has 278 valence electrons. The smallest absolute Gasteiger partial charge is 0.383 e. The Kier molecular flexibility index (Phi) is 6.19. The predicted octanol–water partition coefficient (Wildman–Crippen LogP) is 8.71. The van der Waals surface area contributed by atoms with Crippen molar-refractivity contribution in [1.29, 1.82) is 0 Å². The normalized spacial score (nSPS) is 20.6. The van der Waals surface area contributed by atoms with E-state index < -0.39 is 220 Å². The van der Waals surface area contributed by atoms with Gasteiger partial charge in [-0.15, -0.1) is 11.8 Å². The van der Waals surface area contributed by atoms with Crippen LogP contribution in [0.15, 0.2) is 100 Å². The van der Waals surface area contributed by atoms with Crippen LogP contribution in [0.3, 0.4) is 0 Å². The van der Waals surface area contributed by atoms with Gasteiger partial charge in [0.05, 0.1) is 48.8 Å². The maximum absolute atomic E-state index is 15.6. The van der Waals surface area contributed by atoms with Gasteiger partial charge >= 0.3 is 6.18 Å². The van der Waals surface area contributed by atoms with E-state index in [0.717, 1.165) is 6.92 Å². The summed E-state index contributed by atoms with van der Waals surface area (Å²) in [6, 6.07) is -20.6. The molecule has 1 amide bonds. The zero-order chi connectivity index (χ0) is 56.1. The molecule has 1 aliphatic heterocycles. The number of rotatable bonds is 12. The van der Waals surface area contributed by atoms with Crippen LogP contribution in [0.5, 0.6) is 0 Å². The fourth-order valence-corrected chi connectivity index (χ4v) is 6.13. The number of benzene rings is 4. The van der Waals surface area contributed by atoms with Gasteiger partial charge < -0.3 is 19.1 Å². The van der Waals surface area contributed by atoms with Gasteiger partial charge in [-0.3, -0.25) is 9.59 Å². The molecule has 4 aromatic carbocycles. The third-order valence-electron chi connectivity index (χ3n) is 7.82. The lowest BCUT2D eigenvalue weighted by molar-refractivity contribution is -0.138. The van der Waals surface area contributed by atoms with E-state index in [1.807, 2.05) is 0 Å². The molecule has 1 aliphatic rings. The number of carbonyl (C=O) groups is 1. The average Bonchev–Trinajstić information content (AvgIpc) is 3.31. The van der Waals surface area contributed by atoms with Crippen molar-refractivity contribution in [2.45, 2.75) is 55.8 Å². The van der Waals surface area contributed by atoms with Crippen molar-refractivity contribution in [1.82, 2.24) is 14.4 Å². The Morgan fingerprint density at radius 3 is 2.42 bits per heavy atom. The van der Waals surface area contributed by atoms with E-state index in [-0.39, 0.29) is 34.3 Å². The molecule has 5 aromatic rings. The number of halogens is 5. The van der Waals surface area contributed by atoms with Crippen molar-refractivity contribution in [2.75, 3.05) is 33.3 Å². The Balaban J connectivity index is 1.67. The molecule has 1 aromatic heterocycles. The lowest BCUT2D eigenvalue weighted by atomic mass is 9.98. The van der Waals surface area contributed by atoms with Gasteiger partial charge in [-0.05, 0) is 66.2 Å². The van der Waals surface area contributed by atoms with Crippen LogP contribution in [0.25, 0.3) is 22.0 Å². The number of pyridine rings is 1. The van der Waals surface area contributed by atoms with Gasteiger partial charge in [-0.25, -0.2) is 8.78 Å². The molecular formula is C41H40F5N3O3S. The maximum Gasteiger partial charge on any atom is 0.416 e. The quantitative estimate of drug-likeness (QED) is 0.0940. The average molecular weight is 771 g/mol. The molecule has 0 bridgehead atoms. The number of alkyl halides is 3. The summed E-state index contributed by atoms with van der Waals surface area (Å²) in [5, 5.41) is -2.20. The van der Waals surface area contributed by atoms with Crippen molar-refractivity contribution in [3.63, 3.8) is 0 Å². The molecule has 0 spiro atoms. The van der Waals surface area contributed by atoms with Gasteiger partial charge in [-0.2, -0.15) is 13.2 Å². The van der Waals surface area contributed by atoms with Crippen molar-refractivity contribution in [3.05, 3.63) is 135 Å². The number of thioether (sulfide) groups is 1. The zero-order valence-electron chi connectivity index (χ0n) is 48.7. The van der Waals surface area contributed by atoms with E-state index in [0.29, 0.717) is 0 Å². The van der Waals surface area contributed by atoms with Crippen LogP contribution in [0.4, 0.5) is 22.0 Å². The molecule has 0 atom stereocenters. The van der Waals surface area contributed by atoms with Crippen LogP contribution in [0.1, 0.15) is 63.9 Å². The fourth-order valence-electron chi connectivity index (χ4n) is 5.22. The minimum atomic E-state index is -5.27. The molecule has 6 nitrogen and oxygen atoms in total. The summed E-state index contributed by atoms with van der Waals surface area (Å²) < 4.78 is 261. The second-order valence-electron chi connectivity index (χ2n) is 11.3. The van der Waals surface area contributed by atoms with Gasteiger partial charge in [0.2, 0.25) is 5.91 Å². The predicted molar refractivity (Wildman–Crippen MR) is 198 cm³/mol. The number of ether oxygens (including phenoxy) is 1. The van der Waals surface area contributed by atoms with Crippen molar-refractivity contribution in [2.24, 2.45) is 0 Å². The van der Waals surface area contributed by atoms with Gasteiger partial charge in [0, 0.05) is 64.7 Å². The summed E-state index contributed by atoms with van der Waals surface area (Å²) in [5.74, 6) is -6.96. The summed E-state index contributed by atoms with van der Waals surface area (Å²) in [5.41, 5.74) is -9.72. The van der Waals surface area contributed by atoms with E-state index in [1.165, 1.54) is 12.0 Å². The van der Waals surface area contributed by atoms with Crippen molar-refractivity contribution >= 4 is 28.6 Å². The van der Waals surface area contributed by atoms with Gasteiger partial charge in [0.15, 0.2) is 17.1 Å². The van der Waals surface area contributed by atoms with E-state index in [4.69, 9.17) is 28.0 Å². The third-order valence-corrected chi connectivity index (χ3v) is 8.81. The molecule has 2 heterocycles. The molecule has 0 saturated carbocycles. The number of methoxy groups -OCH3 is 1. The maximum atomic E-state index is 15.6. The highest BCUT2D eigenvalue weighted by atomic mass is 32.2. The SMILES string of the molecule is [2H]c1c([2H])c(F)c(F)c(CSc2c([2H])c(=O)c3c([2H])c([2H])c([2H])c([2H])c3n2C([2H])([2H])C(=O)N(C2CCN(C([2H])([2H])COC)CC2)C([2H])([2H])c2c([2H])c([2H])c(-c3c([2H])c([2H])c(C(F)(F)F)c(C)c3[2H])c([2H])c2[2H])c1[2H]. The first-order valence-corrected chi connectivity index (χ1v) is 16.5. The van der Waals surface area contributed by atoms with E-state index >= 15 is 9.18 Å². The molecular weight excluding hydrogens is 710 g/mol. The number of carbonyl (C=O) groups excluding carboxylic acids is 1. The summed E-state index contributed by atoms with van der Waals surface area (Å²) in [6.45, 7) is -10.6. The van der Waals surface area contributed by atoms with Crippen LogP contribution < -0.4 is 5.43 Å². The van der Waals surface area contributed by atoms with Gasteiger partial charge in [0.1, 0.15) is 6.50 Å². The summed E-state index contributed by atoms with van der Waals surface area (Å²) >= 11 is 0.0207. The van der Waals surface area contributed by atoms with E-state index in [9.17, 15) is 27.8 Å². The third kappa shape index (κ3) is 9.00. The molecule has 0 radical (unpaired) electrons. The van der Waals surface area contributed by atoms with Crippen molar-refractivity contribution < 1.29 is 60.3 Å². The van der Waals surface area contributed by atoms with Crippen LogP contribution in [-0.2, 0) is 34.5 Å². The monoisotopic (exact) mass is 770 g/mol. The van der Waals surface area contributed by atoms with E-state index in [1.54, 1.807) is 0 Å². The number of para-hydroxylation sites is 1. The highest BCUT2D eigenvalue weighted by Gasteiger charge is 2.32. The minimum Gasteiger partial charge on any atom is -0.383 e. The highest BCUT2D eigenvalue weighted by molar-refractivity contribution is 7.98. The molecule has 6 rings (SSSR count). The molecule has 0 unspecified atom stereocenters. The summed E-state index contributed by atoms with van der Waals surface area (Å²) in [7, 11) is 1.20. The van der Waals surface area contributed by atoms with Crippen LogP contribution in [-0.4, -0.2) is 59.6 Å². The molecule has 12 heteroatoms. The fraction of sp³-hybridized carbons (Fsp3) is 0.317. The Morgan fingerprint density at radius 1 is 0.981 bits per heavy atom. The van der Waals surface area contributed by atoms with E-state index in [2.05, 4.69) is 0 Å². The molecule has 1 fully saturated rings. The summed E-state index contributed by atoms with van der Waals surface area (Å²) in [6.07, 6.45) is -6.24. The van der Waals surface area contributed by atoms with Crippen LogP contribution in [0, 0.1) is 18.6 Å². The van der Waals surface area contributed by atoms with Gasteiger partial charge in [0.25, 0.3) is 0 Å². The number of amides is 1. The lowest BCUT2D eigenvalue weighted by Crippen LogP contribution is -2.48. The second kappa shape index (κ2) is 16.7. The van der Waals surface area contributed by atoms with Crippen LogP contribution in [0.2, 0.25) is 0 Å². The molecule has 53 heavy (non-hydrogen) atoms. The minimum absolute atomic E-state index is 0.0207. The topological polar surface area (TPSA) is 54.8 Å². The molecule has 1 saturated heterocycles. The Hall–Kier alpha value is -4.52. The lowest BCUT2D eigenvalue weighted by Gasteiger charge is -2.39. The Labute approximate surface area is 338 Å². The largest absolute Gasteiger partial charge is 0.416 e. The number of nitrogens with zero attached hydrogens (tertiary/aromatic N) is 3. The molecule has 0 N–H and O–H groups in total. The standard InChI is InChI=1S/C41H40F5N3O3S/c1-27-22-30(14-15-34(27)41(44,45)46)29-12-10-28(11-13-29)24-48(32-16-18-47(19-17-32)20-21-52-2)38(51)25-49-36-9-4-3-7-33(36)37(50)23-39(49)53-26-31-6-5-8-35(42)40(31)43/h3-15,22-23,32H,16-21,24-26H2,1-2H3/i3D,4D,5D,6D,7D,8D,9D,10D,11D,12D,13D,14D,15D,20D2,22D,23D,24D2,25D2. The van der Waals surface area contributed by atoms with Crippen LogP contribution >= 0.6 is 11.8 Å². The summed E-state index contributed by atoms with van der Waals surface area (Å²) in [4.78, 5) is 30.8. The van der Waals surface area contributed by atoms with Crippen molar-refractivity contribution in [3.8, 4) is 11.1 Å². The highest BCUT2D eigenvalue weighted by Crippen LogP contribution is 2.34. The first kappa shape index (κ1) is 19.7. The second-order valence-corrected chi connectivity index (χ2v) is 12.3. The number of hydrogen-bond donors (Lipinski definition) is 0. The Bertz CT molecular complexity index is 3160. The Morgan fingerprint density at radius 2 is 1.70 bits per heavy atom. The van der Waals surface area contributed by atoms with Gasteiger partial charge in [-0.1, -0.05) is 60.4 Å². The number of aromatic nitrogens is 1. The zero-order valence-corrected chi connectivity index (χ0v) is 28.5. The number of likely N-dealkylation sites (tertiary alicyclic amines) is 1. The number of fused-ring (bicyclic) bond motifs is 1. The molecule has 0 aliphatic carbocycles. The number of piperidine rings is 1.